The van der Waals surface area contributed by atoms with Gasteiger partial charge in [-0.3, -0.25) is 4.98 Å². The van der Waals surface area contributed by atoms with E-state index in [0.717, 1.165) is 29.4 Å². The highest BCUT2D eigenvalue weighted by Crippen LogP contribution is 2.30. The first-order valence-corrected chi connectivity index (χ1v) is 7.62. The largest absolute Gasteiger partial charge is 0.497 e. The van der Waals surface area contributed by atoms with Gasteiger partial charge in [-0.1, -0.05) is 11.3 Å². The van der Waals surface area contributed by atoms with Gasteiger partial charge in [0.25, 0.3) is 0 Å². The second-order valence-corrected chi connectivity index (χ2v) is 5.87. The smallest absolute Gasteiger partial charge is 0.186 e. The van der Waals surface area contributed by atoms with E-state index in [1.54, 1.807) is 18.4 Å². The molecule has 0 fully saturated rings. The lowest BCUT2D eigenvalue weighted by Crippen LogP contribution is -2.19. The number of thiazole rings is 1. The maximum atomic E-state index is 5.24. The molecule has 0 N–H and O–H groups in total. The Hall–Kier alpha value is -2.14. The van der Waals surface area contributed by atoms with Crippen molar-refractivity contribution in [3.8, 4) is 5.75 Å². The minimum atomic E-state index is 0.846. The average molecular weight is 299 g/mol. The van der Waals surface area contributed by atoms with Gasteiger partial charge in [-0.05, 0) is 36.2 Å². The van der Waals surface area contributed by atoms with Gasteiger partial charge in [0.2, 0.25) is 0 Å². The molecule has 0 amide bonds. The highest BCUT2D eigenvalue weighted by atomic mass is 32.1. The molecular formula is C16H17N3OS. The van der Waals surface area contributed by atoms with E-state index < -0.39 is 0 Å². The number of hydrogen-bond donors (Lipinski definition) is 0. The maximum absolute atomic E-state index is 5.24. The summed E-state index contributed by atoms with van der Waals surface area (Å²) in [5.74, 6) is 0.846. The third kappa shape index (κ3) is 3.13. The van der Waals surface area contributed by atoms with Crippen LogP contribution in [0.2, 0.25) is 0 Å². The van der Waals surface area contributed by atoms with Gasteiger partial charge in [0.05, 0.1) is 17.3 Å². The molecule has 2 aromatic heterocycles. The number of anilines is 1. The lowest BCUT2D eigenvalue weighted by atomic mass is 10.2. The molecule has 0 aliphatic rings. The second kappa shape index (κ2) is 6.10. The van der Waals surface area contributed by atoms with Crippen LogP contribution in [0.25, 0.3) is 10.2 Å². The van der Waals surface area contributed by atoms with Crippen LogP contribution < -0.4 is 9.64 Å². The molecule has 3 aromatic rings. The Balaban J connectivity index is 1.73. The Morgan fingerprint density at radius 1 is 1.19 bits per heavy atom. The number of fused-ring (bicyclic) bond motifs is 1. The summed E-state index contributed by atoms with van der Waals surface area (Å²) in [6, 6.07) is 10.1. The highest BCUT2D eigenvalue weighted by molar-refractivity contribution is 7.22. The first kappa shape index (κ1) is 13.8. The Kier molecular flexibility index (Phi) is 4.01. The molecule has 4 nitrogen and oxygen atoms in total. The minimum absolute atomic E-state index is 0.846. The molecule has 0 aliphatic heterocycles. The minimum Gasteiger partial charge on any atom is -0.497 e. The number of aromatic nitrogens is 2. The normalized spacial score (nSPS) is 10.8. The van der Waals surface area contributed by atoms with E-state index in [1.165, 1.54) is 10.3 Å². The van der Waals surface area contributed by atoms with Crippen molar-refractivity contribution in [2.75, 3.05) is 25.6 Å². The molecule has 0 spiro atoms. The molecule has 1 aromatic carbocycles. The van der Waals surface area contributed by atoms with Crippen LogP contribution in [0.4, 0.5) is 5.13 Å². The first-order chi connectivity index (χ1) is 10.3. The van der Waals surface area contributed by atoms with Crippen molar-refractivity contribution in [1.82, 2.24) is 9.97 Å². The number of benzene rings is 1. The predicted octanol–water partition coefficient (Wildman–Crippen LogP) is 3.38. The summed E-state index contributed by atoms with van der Waals surface area (Å²) in [5, 5.41) is 1.03. The van der Waals surface area contributed by atoms with Crippen LogP contribution in [0, 0.1) is 0 Å². The molecule has 108 valence electrons. The SMILES string of the molecule is COc1ccc2sc(N(C)CCc3ccncc3)nc2c1. The fourth-order valence-electron chi connectivity index (χ4n) is 2.13. The summed E-state index contributed by atoms with van der Waals surface area (Å²) >= 11 is 1.71. The molecular weight excluding hydrogens is 282 g/mol. The van der Waals surface area contributed by atoms with Crippen molar-refractivity contribution in [1.29, 1.82) is 0 Å². The van der Waals surface area contributed by atoms with Crippen molar-refractivity contribution in [2.45, 2.75) is 6.42 Å². The number of pyridine rings is 1. The van der Waals surface area contributed by atoms with Gasteiger partial charge in [0.15, 0.2) is 5.13 Å². The van der Waals surface area contributed by atoms with Crippen LogP contribution in [0.15, 0.2) is 42.7 Å². The molecule has 0 unspecified atom stereocenters. The topological polar surface area (TPSA) is 38.2 Å². The maximum Gasteiger partial charge on any atom is 0.186 e. The van der Waals surface area contributed by atoms with Crippen molar-refractivity contribution in [2.24, 2.45) is 0 Å². The van der Waals surface area contributed by atoms with Crippen LogP contribution in [0.1, 0.15) is 5.56 Å². The molecule has 5 heteroatoms. The zero-order chi connectivity index (χ0) is 14.7. The summed E-state index contributed by atoms with van der Waals surface area (Å²) in [6.45, 7) is 0.932. The molecule has 0 saturated carbocycles. The second-order valence-electron chi connectivity index (χ2n) is 4.86. The number of hydrogen-bond acceptors (Lipinski definition) is 5. The summed E-state index contributed by atoms with van der Waals surface area (Å²) in [6.07, 6.45) is 4.65. The van der Waals surface area contributed by atoms with E-state index >= 15 is 0 Å². The summed E-state index contributed by atoms with van der Waals surface area (Å²) in [7, 11) is 3.76. The molecule has 3 rings (SSSR count). The predicted molar refractivity (Wildman–Crippen MR) is 87.4 cm³/mol. The monoisotopic (exact) mass is 299 g/mol. The Morgan fingerprint density at radius 3 is 2.76 bits per heavy atom. The van der Waals surface area contributed by atoms with Gasteiger partial charge in [0, 0.05) is 32.1 Å². The van der Waals surface area contributed by atoms with Gasteiger partial charge in [0.1, 0.15) is 5.75 Å². The first-order valence-electron chi connectivity index (χ1n) is 6.81. The zero-order valence-electron chi connectivity index (χ0n) is 12.1. The van der Waals surface area contributed by atoms with Gasteiger partial charge >= 0.3 is 0 Å². The quantitative estimate of drug-likeness (QED) is 0.724. The Labute approximate surface area is 128 Å². The van der Waals surface area contributed by atoms with Gasteiger partial charge < -0.3 is 9.64 Å². The fourth-order valence-corrected chi connectivity index (χ4v) is 3.06. The molecule has 0 atom stereocenters. The van der Waals surface area contributed by atoms with Gasteiger partial charge in [-0.15, -0.1) is 0 Å². The number of ether oxygens (including phenoxy) is 1. The van der Waals surface area contributed by atoms with Gasteiger partial charge in [-0.2, -0.15) is 0 Å². The molecule has 0 bridgehead atoms. The third-order valence-corrected chi connectivity index (χ3v) is 4.55. The number of likely N-dealkylation sites (N-methyl/N-ethyl adjacent to an activating group) is 1. The third-order valence-electron chi connectivity index (χ3n) is 3.40. The van der Waals surface area contributed by atoms with Crippen LogP contribution in [0.5, 0.6) is 5.75 Å². The van der Waals surface area contributed by atoms with Crippen molar-refractivity contribution >= 4 is 26.7 Å². The number of methoxy groups -OCH3 is 1. The van der Waals surface area contributed by atoms with Crippen LogP contribution in [-0.2, 0) is 6.42 Å². The molecule has 21 heavy (non-hydrogen) atoms. The summed E-state index contributed by atoms with van der Waals surface area (Å²) in [4.78, 5) is 10.9. The van der Waals surface area contributed by atoms with Crippen molar-refractivity contribution in [3.63, 3.8) is 0 Å². The Bertz CT molecular complexity index is 727. The number of nitrogens with zero attached hydrogens (tertiary/aromatic N) is 3. The van der Waals surface area contributed by atoms with E-state index in [9.17, 15) is 0 Å². The van der Waals surface area contributed by atoms with Crippen molar-refractivity contribution < 1.29 is 4.74 Å². The highest BCUT2D eigenvalue weighted by Gasteiger charge is 2.09. The lowest BCUT2D eigenvalue weighted by Gasteiger charge is -2.15. The number of rotatable bonds is 5. The zero-order valence-corrected chi connectivity index (χ0v) is 12.9. The van der Waals surface area contributed by atoms with E-state index in [-0.39, 0.29) is 0 Å². The standard InChI is InChI=1S/C16H17N3OS/c1-19(10-7-12-5-8-17-9-6-12)16-18-14-11-13(20-2)3-4-15(14)21-16/h3-6,8-9,11H,7,10H2,1-2H3. The van der Waals surface area contributed by atoms with E-state index in [0.29, 0.717) is 0 Å². The molecule has 2 heterocycles. The van der Waals surface area contributed by atoms with Crippen molar-refractivity contribution in [3.05, 3.63) is 48.3 Å². The molecule has 0 aliphatic carbocycles. The van der Waals surface area contributed by atoms with Crippen LogP contribution in [-0.4, -0.2) is 30.7 Å². The van der Waals surface area contributed by atoms with E-state index in [2.05, 4.69) is 40.1 Å². The average Bonchev–Trinajstić information content (AvgIpc) is 2.96. The lowest BCUT2D eigenvalue weighted by molar-refractivity contribution is 0.415. The summed E-state index contributed by atoms with van der Waals surface area (Å²) in [5.41, 5.74) is 2.28. The summed E-state index contributed by atoms with van der Waals surface area (Å²) < 4.78 is 6.42. The van der Waals surface area contributed by atoms with E-state index in [1.807, 2.05) is 24.5 Å². The fraction of sp³-hybridized carbons (Fsp3) is 0.250. The Morgan fingerprint density at radius 2 is 2.00 bits per heavy atom. The van der Waals surface area contributed by atoms with Crippen LogP contribution >= 0.6 is 11.3 Å². The molecule has 0 radical (unpaired) electrons. The molecule has 0 saturated heterocycles. The van der Waals surface area contributed by atoms with Crippen LogP contribution in [0.3, 0.4) is 0 Å². The van der Waals surface area contributed by atoms with E-state index in [4.69, 9.17) is 4.74 Å². The van der Waals surface area contributed by atoms with Gasteiger partial charge in [-0.25, -0.2) is 4.98 Å².